The van der Waals surface area contributed by atoms with Gasteiger partial charge in [0.05, 0.1) is 7.11 Å². The SMILES string of the molecule is COc1ccccc1-c1ccc(CN2CCC(NSc3cccc(OC(F)(F)F)c3)C2)cc1. The van der Waals surface area contributed by atoms with Crippen molar-refractivity contribution in [1.82, 2.24) is 9.62 Å². The zero-order valence-corrected chi connectivity index (χ0v) is 19.0. The quantitative estimate of drug-likeness (QED) is 0.397. The molecule has 0 aliphatic carbocycles. The van der Waals surface area contributed by atoms with E-state index in [4.69, 9.17) is 4.74 Å². The molecule has 8 heteroatoms. The normalized spacial score (nSPS) is 16.7. The lowest BCUT2D eigenvalue weighted by atomic mass is 10.0. The summed E-state index contributed by atoms with van der Waals surface area (Å²) in [6.45, 7) is 2.69. The van der Waals surface area contributed by atoms with Crippen LogP contribution in [0.15, 0.2) is 77.7 Å². The summed E-state index contributed by atoms with van der Waals surface area (Å²) in [5.74, 6) is 0.644. The molecule has 1 unspecified atom stereocenters. The third-order valence-corrected chi connectivity index (χ3v) is 6.37. The molecule has 0 radical (unpaired) electrons. The number of hydrogen-bond acceptors (Lipinski definition) is 5. The van der Waals surface area contributed by atoms with Crippen LogP contribution in [-0.2, 0) is 6.54 Å². The molecule has 0 amide bonds. The largest absolute Gasteiger partial charge is 0.573 e. The number of ether oxygens (including phenoxy) is 2. The van der Waals surface area contributed by atoms with Crippen molar-refractivity contribution in [3.63, 3.8) is 0 Å². The van der Waals surface area contributed by atoms with Gasteiger partial charge in [-0.3, -0.25) is 9.62 Å². The summed E-state index contributed by atoms with van der Waals surface area (Å²) < 4.78 is 50.1. The number of benzene rings is 3. The highest BCUT2D eigenvalue weighted by Crippen LogP contribution is 2.30. The van der Waals surface area contributed by atoms with Crippen LogP contribution in [0.5, 0.6) is 11.5 Å². The van der Waals surface area contributed by atoms with E-state index in [-0.39, 0.29) is 11.8 Å². The highest BCUT2D eigenvalue weighted by Gasteiger charge is 2.31. The van der Waals surface area contributed by atoms with Gasteiger partial charge >= 0.3 is 6.36 Å². The first-order chi connectivity index (χ1) is 15.9. The Morgan fingerprint density at radius 1 is 1.03 bits per heavy atom. The Balaban J connectivity index is 1.28. The second-order valence-corrected chi connectivity index (χ2v) is 8.77. The smallest absolute Gasteiger partial charge is 0.496 e. The van der Waals surface area contributed by atoms with E-state index >= 15 is 0 Å². The summed E-state index contributed by atoms with van der Waals surface area (Å²) in [7, 11) is 1.68. The molecular formula is C25H25F3N2O2S. The fraction of sp³-hybridized carbons (Fsp3) is 0.280. The molecule has 4 rings (SSSR count). The zero-order valence-electron chi connectivity index (χ0n) is 18.1. The van der Waals surface area contributed by atoms with Crippen molar-refractivity contribution in [2.75, 3.05) is 20.2 Å². The van der Waals surface area contributed by atoms with Crippen LogP contribution in [0, 0.1) is 0 Å². The summed E-state index contributed by atoms with van der Waals surface area (Å²) in [6, 6.07) is 22.7. The van der Waals surface area contributed by atoms with Crippen molar-refractivity contribution in [1.29, 1.82) is 0 Å². The van der Waals surface area contributed by atoms with Gasteiger partial charge in [-0.25, -0.2) is 0 Å². The van der Waals surface area contributed by atoms with Gasteiger partial charge in [0.2, 0.25) is 0 Å². The molecule has 4 nitrogen and oxygen atoms in total. The molecule has 1 N–H and O–H groups in total. The van der Waals surface area contributed by atoms with Crippen LogP contribution in [0.1, 0.15) is 12.0 Å². The van der Waals surface area contributed by atoms with Crippen LogP contribution in [0.25, 0.3) is 11.1 Å². The molecule has 3 aromatic carbocycles. The van der Waals surface area contributed by atoms with Crippen molar-refractivity contribution in [3.05, 3.63) is 78.4 Å². The first-order valence-corrected chi connectivity index (χ1v) is 11.4. The Bertz CT molecular complexity index is 1060. The van der Waals surface area contributed by atoms with E-state index in [9.17, 15) is 13.2 Å². The Labute approximate surface area is 195 Å². The van der Waals surface area contributed by atoms with Crippen LogP contribution < -0.4 is 14.2 Å². The van der Waals surface area contributed by atoms with Crippen LogP contribution in [0.2, 0.25) is 0 Å². The molecule has 0 aromatic heterocycles. The monoisotopic (exact) mass is 474 g/mol. The highest BCUT2D eigenvalue weighted by molar-refractivity contribution is 7.97. The second kappa shape index (κ2) is 10.5. The van der Waals surface area contributed by atoms with Crippen molar-refractivity contribution in [2.45, 2.75) is 30.3 Å². The standard InChI is InChI=1S/C25H25F3N2O2S/c1-31-24-8-3-2-7-23(24)19-11-9-18(10-12-19)16-30-14-13-20(17-30)29-33-22-6-4-5-21(15-22)32-25(26,27)28/h2-12,15,20,29H,13-14,16-17H2,1H3. The molecule has 1 aliphatic rings. The maximum atomic E-state index is 12.4. The third kappa shape index (κ3) is 6.66. The predicted molar refractivity (Wildman–Crippen MR) is 124 cm³/mol. The molecule has 33 heavy (non-hydrogen) atoms. The van der Waals surface area contributed by atoms with E-state index in [0.717, 1.165) is 42.9 Å². The summed E-state index contributed by atoms with van der Waals surface area (Å²) in [5.41, 5.74) is 3.42. The molecule has 1 aliphatic heterocycles. The van der Waals surface area contributed by atoms with Gasteiger partial charge in [-0.1, -0.05) is 48.5 Å². The van der Waals surface area contributed by atoms with E-state index in [2.05, 4.69) is 38.6 Å². The average molecular weight is 475 g/mol. The lowest BCUT2D eigenvalue weighted by molar-refractivity contribution is -0.274. The number of para-hydroxylation sites is 1. The number of nitrogens with zero attached hydrogens (tertiary/aromatic N) is 1. The lowest BCUT2D eigenvalue weighted by Gasteiger charge is -2.17. The van der Waals surface area contributed by atoms with Crippen LogP contribution >= 0.6 is 11.9 Å². The van der Waals surface area contributed by atoms with Crippen molar-refractivity contribution in [3.8, 4) is 22.6 Å². The van der Waals surface area contributed by atoms with Crippen LogP contribution in [0.3, 0.4) is 0 Å². The van der Waals surface area contributed by atoms with Gasteiger partial charge in [0.15, 0.2) is 0 Å². The van der Waals surface area contributed by atoms with Crippen LogP contribution in [0.4, 0.5) is 13.2 Å². The molecule has 0 bridgehead atoms. The fourth-order valence-electron chi connectivity index (χ4n) is 3.89. The topological polar surface area (TPSA) is 33.7 Å². The van der Waals surface area contributed by atoms with Crippen LogP contribution in [-0.4, -0.2) is 37.5 Å². The summed E-state index contributed by atoms with van der Waals surface area (Å²) in [4.78, 5) is 3.06. The summed E-state index contributed by atoms with van der Waals surface area (Å²) in [5, 5.41) is 0. The van der Waals surface area contributed by atoms with Gasteiger partial charge < -0.3 is 9.47 Å². The molecule has 174 valence electrons. The number of methoxy groups -OCH3 is 1. The fourth-order valence-corrected chi connectivity index (χ4v) is 4.71. The second-order valence-electron chi connectivity index (χ2n) is 7.86. The molecule has 0 saturated carbocycles. The van der Waals surface area contributed by atoms with E-state index < -0.39 is 6.36 Å². The van der Waals surface area contributed by atoms with Gasteiger partial charge in [0, 0.05) is 36.1 Å². The molecule has 1 saturated heterocycles. The maximum absolute atomic E-state index is 12.4. The van der Waals surface area contributed by atoms with Gasteiger partial charge in [-0.15, -0.1) is 13.2 Å². The number of hydrogen-bond donors (Lipinski definition) is 1. The Kier molecular flexibility index (Phi) is 7.47. The minimum Gasteiger partial charge on any atom is -0.496 e. The summed E-state index contributed by atoms with van der Waals surface area (Å²) in [6.07, 6.45) is -3.71. The zero-order chi connectivity index (χ0) is 23.3. The average Bonchev–Trinajstić information content (AvgIpc) is 3.24. The molecule has 1 atom stereocenters. The van der Waals surface area contributed by atoms with E-state index in [1.54, 1.807) is 19.2 Å². The molecule has 3 aromatic rings. The van der Waals surface area contributed by atoms with E-state index in [1.807, 2.05) is 24.3 Å². The maximum Gasteiger partial charge on any atom is 0.573 e. The molecule has 1 fully saturated rings. The van der Waals surface area contributed by atoms with Gasteiger partial charge in [0.25, 0.3) is 0 Å². The van der Waals surface area contributed by atoms with Gasteiger partial charge in [0.1, 0.15) is 11.5 Å². The minimum absolute atomic E-state index is 0.209. The number of nitrogens with one attached hydrogen (secondary N) is 1. The highest BCUT2D eigenvalue weighted by atomic mass is 32.2. The Hall–Kier alpha value is -2.68. The number of halogens is 3. The van der Waals surface area contributed by atoms with E-state index in [1.165, 1.54) is 29.6 Å². The number of alkyl halides is 3. The first-order valence-electron chi connectivity index (χ1n) is 10.6. The van der Waals surface area contributed by atoms with E-state index in [0.29, 0.717) is 4.90 Å². The number of likely N-dealkylation sites (tertiary alicyclic amines) is 1. The first kappa shape index (κ1) is 23.5. The summed E-state index contributed by atoms with van der Waals surface area (Å²) >= 11 is 1.33. The third-order valence-electron chi connectivity index (χ3n) is 5.43. The molecule has 1 heterocycles. The van der Waals surface area contributed by atoms with Crippen molar-refractivity contribution in [2.24, 2.45) is 0 Å². The van der Waals surface area contributed by atoms with Crippen molar-refractivity contribution < 1.29 is 22.6 Å². The Morgan fingerprint density at radius 3 is 2.58 bits per heavy atom. The Morgan fingerprint density at radius 2 is 1.82 bits per heavy atom. The van der Waals surface area contributed by atoms with Gasteiger partial charge in [-0.05, 0) is 53.8 Å². The minimum atomic E-state index is -4.69. The predicted octanol–water partition coefficient (Wildman–Crippen LogP) is 6.13. The molecule has 0 spiro atoms. The lowest BCUT2D eigenvalue weighted by Crippen LogP contribution is -2.28. The van der Waals surface area contributed by atoms with Gasteiger partial charge in [-0.2, -0.15) is 0 Å². The molecular weight excluding hydrogens is 449 g/mol. The van der Waals surface area contributed by atoms with Crippen molar-refractivity contribution >= 4 is 11.9 Å². The number of rotatable bonds is 8.